The predicted octanol–water partition coefficient (Wildman–Crippen LogP) is 1.66. The van der Waals surface area contributed by atoms with Gasteiger partial charge in [-0.25, -0.2) is 4.52 Å². The fourth-order valence-electron chi connectivity index (χ4n) is 3.69. The zero-order valence-corrected chi connectivity index (χ0v) is 16.4. The zero-order valence-electron chi connectivity index (χ0n) is 15.6. The summed E-state index contributed by atoms with van der Waals surface area (Å²) in [6.07, 6.45) is 5.68. The lowest BCUT2D eigenvalue weighted by molar-refractivity contribution is 0.0150. The van der Waals surface area contributed by atoms with Gasteiger partial charge in [-0.1, -0.05) is 25.2 Å². The van der Waals surface area contributed by atoms with Gasteiger partial charge in [-0.15, -0.1) is 0 Å². The molecule has 1 fully saturated rings. The molecule has 0 radical (unpaired) electrons. The van der Waals surface area contributed by atoms with E-state index in [4.69, 9.17) is 0 Å². The number of H-pyrrole nitrogens is 1. The van der Waals surface area contributed by atoms with Crippen LogP contribution in [0, 0.1) is 11.3 Å². The second-order valence-electron chi connectivity index (χ2n) is 7.62. The predicted molar refractivity (Wildman–Crippen MR) is 106 cm³/mol. The van der Waals surface area contributed by atoms with Crippen molar-refractivity contribution in [2.45, 2.75) is 26.3 Å². The zero-order chi connectivity index (χ0) is 19.9. The average Bonchev–Trinajstić information content (AvgIpc) is 3.32. The van der Waals surface area contributed by atoms with Gasteiger partial charge >= 0.3 is 4.87 Å². The molecule has 3 aromatic rings. The summed E-state index contributed by atoms with van der Waals surface area (Å²) in [6, 6.07) is 5.43. The van der Waals surface area contributed by atoms with E-state index in [2.05, 4.69) is 34.6 Å². The highest BCUT2D eigenvalue weighted by atomic mass is 32.1. The molecule has 4 rings (SSSR count). The number of aromatic amines is 1. The summed E-state index contributed by atoms with van der Waals surface area (Å²) in [6.45, 7) is 4.68. The van der Waals surface area contributed by atoms with Crippen LogP contribution in [0.1, 0.15) is 40.3 Å². The minimum atomic E-state index is -0.251. The van der Waals surface area contributed by atoms with Crippen LogP contribution < -0.4 is 15.5 Å². The molecule has 0 saturated heterocycles. The third-order valence-electron chi connectivity index (χ3n) is 5.71. The first-order chi connectivity index (χ1) is 13.4. The Hall–Kier alpha value is -2.94. The first-order valence-corrected chi connectivity index (χ1v) is 9.88. The lowest BCUT2D eigenvalue weighted by Crippen LogP contribution is -2.60. The standard InChI is InChI=1S/C19H21N5O3S/c1-19(2)11(9-20-17(26)14-10-21-18(27)28-14)8-15(19)23-16(25)12-4-3-7-24-13(12)5-6-22-24/h3-7,10-11,15H,8-9H2,1-2H3,(H,20,26)(H,21,27)(H,23,25). The summed E-state index contributed by atoms with van der Waals surface area (Å²) in [7, 11) is 0. The monoisotopic (exact) mass is 399 g/mol. The fraction of sp³-hybridized carbons (Fsp3) is 0.368. The number of hydrogen-bond donors (Lipinski definition) is 3. The highest BCUT2D eigenvalue weighted by Gasteiger charge is 2.48. The van der Waals surface area contributed by atoms with E-state index in [0.717, 1.165) is 23.3 Å². The highest BCUT2D eigenvalue weighted by molar-refractivity contribution is 7.11. The number of nitrogens with one attached hydrogen (secondary N) is 3. The van der Waals surface area contributed by atoms with Crippen molar-refractivity contribution in [3.8, 4) is 0 Å². The van der Waals surface area contributed by atoms with E-state index in [-0.39, 0.29) is 34.1 Å². The van der Waals surface area contributed by atoms with Gasteiger partial charge in [0.05, 0.1) is 17.3 Å². The molecule has 2 atom stereocenters. The topological polar surface area (TPSA) is 108 Å². The Bertz CT molecular complexity index is 1100. The maximum absolute atomic E-state index is 12.8. The summed E-state index contributed by atoms with van der Waals surface area (Å²) in [5.41, 5.74) is 1.21. The molecule has 0 spiro atoms. The van der Waals surface area contributed by atoms with Crippen LogP contribution in [0.25, 0.3) is 5.52 Å². The Morgan fingerprint density at radius 3 is 2.89 bits per heavy atom. The Kier molecular flexibility index (Phi) is 4.54. The van der Waals surface area contributed by atoms with E-state index in [1.54, 1.807) is 29.0 Å². The largest absolute Gasteiger partial charge is 0.351 e. The number of nitrogens with zero attached hydrogens (tertiary/aromatic N) is 2. The second-order valence-corrected chi connectivity index (χ2v) is 8.63. The Labute approximate surface area is 165 Å². The molecule has 3 heterocycles. The van der Waals surface area contributed by atoms with Crippen LogP contribution in [0.3, 0.4) is 0 Å². The molecule has 0 bridgehead atoms. The van der Waals surface area contributed by atoms with Gasteiger partial charge < -0.3 is 15.6 Å². The second kappa shape index (κ2) is 6.90. The maximum atomic E-state index is 12.8. The van der Waals surface area contributed by atoms with E-state index in [9.17, 15) is 14.4 Å². The van der Waals surface area contributed by atoms with Crippen LogP contribution in [-0.4, -0.2) is 39.0 Å². The summed E-state index contributed by atoms with van der Waals surface area (Å²) in [5, 5.41) is 10.2. The van der Waals surface area contributed by atoms with Crippen molar-refractivity contribution in [3.63, 3.8) is 0 Å². The van der Waals surface area contributed by atoms with Gasteiger partial charge in [-0.05, 0) is 36.0 Å². The van der Waals surface area contributed by atoms with Crippen molar-refractivity contribution < 1.29 is 9.59 Å². The quantitative estimate of drug-likeness (QED) is 0.606. The van der Waals surface area contributed by atoms with Gasteiger partial charge in [-0.2, -0.15) is 5.10 Å². The van der Waals surface area contributed by atoms with Gasteiger partial charge in [-0.3, -0.25) is 14.4 Å². The van der Waals surface area contributed by atoms with Crippen LogP contribution in [0.15, 0.2) is 41.6 Å². The number of rotatable bonds is 5. The normalized spacial score (nSPS) is 20.5. The van der Waals surface area contributed by atoms with Crippen molar-refractivity contribution in [1.82, 2.24) is 25.2 Å². The van der Waals surface area contributed by atoms with E-state index >= 15 is 0 Å². The van der Waals surface area contributed by atoms with Gasteiger partial charge in [0.15, 0.2) is 0 Å². The fourth-order valence-corrected chi connectivity index (χ4v) is 4.29. The molecule has 8 nitrogen and oxygen atoms in total. The lowest BCUT2D eigenvalue weighted by Gasteiger charge is -2.52. The number of fused-ring (bicyclic) bond motifs is 1. The summed E-state index contributed by atoms with van der Waals surface area (Å²) < 4.78 is 1.68. The van der Waals surface area contributed by atoms with Crippen LogP contribution in [0.2, 0.25) is 0 Å². The smallest absolute Gasteiger partial charge is 0.305 e. The van der Waals surface area contributed by atoms with Crippen molar-refractivity contribution in [1.29, 1.82) is 0 Å². The average molecular weight is 399 g/mol. The number of thiazole rings is 1. The van der Waals surface area contributed by atoms with Crippen molar-refractivity contribution >= 4 is 28.7 Å². The third kappa shape index (κ3) is 3.22. The first kappa shape index (κ1) is 18.4. The molecule has 1 aliphatic rings. The molecule has 28 heavy (non-hydrogen) atoms. The van der Waals surface area contributed by atoms with E-state index in [0.29, 0.717) is 17.0 Å². The van der Waals surface area contributed by atoms with Crippen molar-refractivity contribution in [2.75, 3.05) is 6.54 Å². The Morgan fingerprint density at radius 2 is 2.18 bits per heavy atom. The number of aromatic nitrogens is 3. The van der Waals surface area contributed by atoms with Crippen molar-refractivity contribution in [2.24, 2.45) is 11.3 Å². The minimum absolute atomic E-state index is 0.0217. The van der Waals surface area contributed by atoms with Gasteiger partial charge in [0.25, 0.3) is 11.8 Å². The Balaban J connectivity index is 1.36. The van der Waals surface area contributed by atoms with E-state index in [1.807, 2.05) is 6.07 Å². The third-order valence-corrected chi connectivity index (χ3v) is 6.54. The number of pyridine rings is 1. The molecule has 1 aliphatic carbocycles. The van der Waals surface area contributed by atoms with Crippen LogP contribution in [0.4, 0.5) is 0 Å². The molecule has 0 aromatic carbocycles. The summed E-state index contributed by atoms with van der Waals surface area (Å²) in [4.78, 5) is 38.7. The van der Waals surface area contributed by atoms with Crippen LogP contribution in [0.5, 0.6) is 0 Å². The molecule has 1 saturated carbocycles. The van der Waals surface area contributed by atoms with Gasteiger partial charge in [0, 0.05) is 25.0 Å². The Morgan fingerprint density at radius 1 is 1.36 bits per heavy atom. The lowest BCUT2D eigenvalue weighted by atomic mass is 9.58. The first-order valence-electron chi connectivity index (χ1n) is 9.06. The number of carbonyl (C=O) groups excluding carboxylic acids is 2. The molecule has 3 N–H and O–H groups in total. The number of hydrogen-bond acceptors (Lipinski definition) is 5. The number of carbonyl (C=O) groups is 2. The van der Waals surface area contributed by atoms with Crippen LogP contribution >= 0.6 is 11.3 Å². The van der Waals surface area contributed by atoms with E-state index < -0.39 is 0 Å². The molecule has 2 amide bonds. The summed E-state index contributed by atoms with van der Waals surface area (Å²) in [5.74, 6) is -0.133. The molecule has 3 aromatic heterocycles. The molecular formula is C19H21N5O3S. The highest BCUT2D eigenvalue weighted by Crippen LogP contribution is 2.46. The van der Waals surface area contributed by atoms with Gasteiger partial charge in [0.1, 0.15) is 4.88 Å². The maximum Gasteiger partial charge on any atom is 0.305 e. The SMILES string of the molecule is CC1(C)C(CNC(=O)c2c[nH]c(=O)s2)CC1NC(=O)c1cccn2nccc12. The molecule has 2 unspecified atom stereocenters. The van der Waals surface area contributed by atoms with Crippen LogP contribution in [-0.2, 0) is 0 Å². The molecule has 9 heteroatoms. The number of amides is 2. The van der Waals surface area contributed by atoms with E-state index in [1.165, 1.54) is 6.20 Å². The van der Waals surface area contributed by atoms with Crippen molar-refractivity contribution in [3.05, 3.63) is 56.9 Å². The molecule has 146 valence electrons. The minimum Gasteiger partial charge on any atom is -0.351 e. The molecule has 0 aliphatic heterocycles. The van der Waals surface area contributed by atoms with Gasteiger partial charge in [0.2, 0.25) is 0 Å². The summed E-state index contributed by atoms with van der Waals surface area (Å²) >= 11 is 0.894. The molecular weight excluding hydrogens is 378 g/mol.